The number of aromatic nitrogens is 1. The maximum Gasteiger partial charge on any atom is 0.337 e. The fourth-order valence-corrected chi connectivity index (χ4v) is 3.58. The SMILES string of the molecule is COc1ccc(C2CCCCCN2C(=O)c2ccc(C(=O)O)c(C)n2)cc1. The number of aryl methyl sites for hydroxylation is 1. The molecule has 2 heterocycles. The zero-order valence-electron chi connectivity index (χ0n) is 15.6. The molecule has 0 radical (unpaired) electrons. The number of carbonyl (C=O) groups is 2. The number of methoxy groups -OCH3 is 1. The van der Waals surface area contributed by atoms with Gasteiger partial charge in [-0.2, -0.15) is 0 Å². The van der Waals surface area contributed by atoms with Gasteiger partial charge in [0.15, 0.2) is 0 Å². The highest BCUT2D eigenvalue weighted by molar-refractivity contribution is 5.94. The van der Waals surface area contributed by atoms with Crippen molar-refractivity contribution in [2.75, 3.05) is 13.7 Å². The van der Waals surface area contributed by atoms with Crippen molar-refractivity contribution in [3.05, 3.63) is 58.9 Å². The molecule has 1 amide bonds. The average molecular weight is 368 g/mol. The Morgan fingerprint density at radius 2 is 1.85 bits per heavy atom. The minimum Gasteiger partial charge on any atom is -0.497 e. The highest BCUT2D eigenvalue weighted by atomic mass is 16.5. The molecular weight excluding hydrogens is 344 g/mol. The third kappa shape index (κ3) is 4.10. The molecule has 1 atom stereocenters. The summed E-state index contributed by atoms with van der Waals surface area (Å²) in [6.07, 6.45) is 3.99. The van der Waals surface area contributed by atoms with E-state index >= 15 is 0 Å². The lowest BCUT2D eigenvalue weighted by atomic mass is 10.00. The standard InChI is InChI=1S/C21H24N2O4/c1-14-17(21(25)26)11-12-18(22-14)20(24)23-13-5-3-4-6-19(23)15-7-9-16(27-2)10-8-15/h7-12,19H,3-6,13H2,1-2H3,(H,25,26). The Balaban J connectivity index is 1.91. The number of pyridine rings is 1. The van der Waals surface area contributed by atoms with Crippen LogP contribution in [0.2, 0.25) is 0 Å². The maximum absolute atomic E-state index is 13.2. The summed E-state index contributed by atoms with van der Waals surface area (Å²) in [6, 6.07) is 10.8. The zero-order valence-corrected chi connectivity index (χ0v) is 15.6. The lowest BCUT2D eigenvalue weighted by Crippen LogP contribution is -2.35. The monoisotopic (exact) mass is 368 g/mol. The smallest absolute Gasteiger partial charge is 0.337 e. The molecule has 1 unspecified atom stereocenters. The van der Waals surface area contributed by atoms with Crippen LogP contribution >= 0.6 is 0 Å². The van der Waals surface area contributed by atoms with Gasteiger partial charge in [-0.3, -0.25) is 4.79 Å². The summed E-state index contributed by atoms with van der Waals surface area (Å²) < 4.78 is 5.23. The number of carboxylic acid groups (broad SMARTS) is 1. The van der Waals surface area contributed by atoms with Crippen LogP contribution in [0, 0.1) is 6.92 Å². The van der Waals surface area contributed by atoms with E-state index in [0.29, 0.717) is 12.2 Å². The average Bonchev–Trinajstić information content (AvgIpc) is 2.93. The Morgan fingerprint density at radius 1 is 1.11 bits per heavy atom. The van der Waals surface area contributed by atoms with Crippen LogP contribution in [0.15, 0.2) is 36.4 Å². The molecule has 1 aromatic carbocycles. The molecule has 1 aliphatic heterocycles. The first-order valence-electron chi connectivity index (χ1n) is 9.17. The maximum atomic E-state index is 13.2. The Bertz CT molecular complexity index is 833. The van der Waals surface area contributed by atoms with Gasteiger partial charge < -0.3 is 14.7 Å². The largest absolute Gasteiger partial charge is 0.497 e. The molecule has 1 aliphatic rings. The first-order valence-corrected chi connectivity index (χ1v) is 9.17. The third-order valence-electron chi connectivity index (χ3n) is 5.05. The van der Waals surface area contributed by atoms with Gasteiger partial charge in [0.2, 0.25) is 0 Å². The van der Waals surface area contributed by atoms with E-state index in [4.69, 9.17) is 9.84 Å². The van der Waals surface area contributed by atoms with Crippen LogP contribution in [-0.4, -0.2) is 40.5 Å². The first kappa shape index (κ1) is 18.9. The van der Waals surface area contributed by atoms with Crippen LogP contribution in [0.5, 0.6) is 5.75 Å². The molecule has 0 aliphatic carbocycles. The van der Waals surface area contributed by atoms with Gasteiger partial charge in [-0.1, -0.05) is 25.0 Å². The number of nitrogens with zero attached hydrogens (tertiary/aromatic N) is 2. The van der Waals surface area contributed by atoms with Gasteiger partial charge in [0, 0.05) is 6.54 Å². The fraction of sp³-hybridized carbons (Fsp3) is 0.381. The lowest BCUT2D eigenvalue weighted by Gasteiger charge is -2.30. The normalized spacial score (nSPS) is 17.3. The molecule has 0 bridgehead atoms. The number of hydrogen-bond donors (Lipinski definition) is 1. The van der Waals surface area contributed by atoms with Crippen molar-refractivity contribution in [3.63, 3.8) is 0 Å². The van der Waals surface area contributed by atoms with Crippen LogP contribution in [0.3, 0.4) is 0 Å². The van der Waals surface area contributed by atoms with Gasteiger partial charge >= 0.3 is 5.97 Å². The fourth-order valence-electron chi connectivity index (χ4n) is 3.58. The van der Waals surface area contributed by atoms with Gasteiger partial charge in [-0.15, -0.1) is 0 Å². The second kappa shape index (κ2) is 8.20. The predicted octanol–water partition coefficient (Wildman–Crippen LogP) is 3.85. The van der Waals surface area contributed by atoms with Crippen LogP contribution in [0.4, 0.5) is 0 Å². The summed E-state index contributed by atoms with van der Waals surface area (Å²) in [5, 5.41) is 9.17. The summed E-state index contributed by atoms with van der Waals surface area (Å²) in [7, 11) is 1.63. The van der Waals surface area contributed by atoms with E-state index in [0.717, 1.165) is 37.0 Å². The molecule has 1 saturated heterocycles. The Morgan fingerprint density at radius 3 is 2.48 bits per heavy atom. The van der Waals surface area contributed by atoms with E-state index < -0.39 is 5.97 Å². The minimum absolute atomic E-state index is 0.0211. The van der Waals surface area contributed by atoms with Crippen molar-refractivity contribution in [3.8, 4) is 5.75 Å². The number of carbonyl (C=O) groups excluding carboxylic acids is 1. The van der Waals surface area contributed by atoms with Crippen LogP contribution in [-0.2, 0) is 0 Å². The second-order valence-corrected chi connectivity index (χ2v) is 6.77. The number of benzene rings is 1. The highest BCUT2D eigenvalue weighted by Crippen LogP contribution is 2.32. The molecule has 0 spiro atoms. The van der Waals surface area contributed by atoms with E-state index in [2.05, 4.69) is 4.98 Å². The van der Waals surface area contributed by atoms with Crippen molar-refractivity contribution in [1.82, 2.24) is 9.88 Å². The van der Waals surface area contributed by atoms with Gasteiger partial charge in [0.05, 0.1) is 24.4 Å². The Labute approximate surface area is 158 Å². The lowest BCUT2D eigenvalue weighted by molar-refractivity contribution is 0.0666. The van der Waals surface area contributed by atoms with Gasteiger partial charge in [-0.05, 0) is 49.6 Å². The molecule has 1 fully saturated rings. The van der Waals surface area contributed by atoms with E-state index in [-0.39, 0.29) is 23.2 Å². The number of amides is 1. The summed E-state index contributed by atoms with van der Waals surface area (Å²) in [6.45, 7) is 2.28. The summed E-state index contributed by atoms with van der Waals surface area (Å²) in [5.74, 6) is -0.408. The van der Waals surface area contributed by atoms with Crippen molar-refractivity contribution in [2.45, 2.75) is 38.6 Å². The number of likely N-dealkylation sites (tertiary alicyclic amines) is 1. The van der Waals surface area contributed by atoms with E-state index in [1.165, 1.54) is 12.1 Å². The summed E-state index contributed by atoms with van der Waals surface area (Å²) in [5.41, 5.74) is 1.83. The molecule has 1 aromatic heterocycles. The first-order chi connectivity index (χ1) is 13.0. The molecule has 0 saturated carbocycles. The van der Waals surface area contributed by atoms with E-state index in [9.17, 15) is 9.59 Å². The second-order valence-electron chi connectivity index (χ2n) is 6.77. The molecule has 6 heteroatoms. The molecule has 6 nitrogen and oxygen atoms in total. The van der Waals surface area contributed by atoms with Crippen LogP contribution in [0.1, 0.15) is 63.8 Å². The number of rotatable bonds is 4. The molecule has 1 N–H and O–H groups in total. The molecule has 27 heavy (non-hydrogen) atoms. The summed E-state index contributed by atoms with van der Waals surface area (Å²) >= 11 is 0. The van der Waals surface area contributed by atoms with Gasteiger partial charge in [-0.25, -0.2) is 9.78 Å². The van der Waals surface area contributed by atoms with Gasteiger partial charge in [0.25, 0.3) is 5.91 Å². The molecule has 2 aromatic rings. The topological polar surface area (TPSA) is 79.7 Å². The quantitative estimate of drug-likeness (QED) is 0.886. The Kier molecular flexibility index (Phi) is 5.74. The zero-order chi connectivity index (χ0) is 19.4. The van der Waals surface area contributed by atoms with Crippen molar-refractivity contribution in [2.24, 2.45) is 0 Å². The number of carboxylic acids is 1. The third-order valence-corrected chi connectivity index (χ3v) is 5.05. The highest BCUT2D eigenvalue weighted by Gasteiger charge is 2.28. The number of aromatic carboxylic acids is 1. The van der Waals surface area contributed by atoms with E-state index in [1.54, 1.807) is 14.0 Å². The van der Waals surface area contributed by atoms with Gasteiger partial charge in [0.1, 0.15) is 11.4 Å². The molecule has 3 rings (SSSR count). The van der Waals surface area contributed by atoms with Crippen molar-refractivity contribution >= 4 is 11.9 Å². The number of ether oxygens (including phenoxy) is 1. The predicted molar refractivity (Wildman–Crippen MR) is 101 cm³/mol. The van der Waals surface area contributed by atoms with E-state index in [1.807, 2.05) is 29.2 Å². The van der Waals surface area contributed by atoms with Crippen molar-refractivity contribution < 1.29 is 19.4 Å². The molecular formula is C21H24N2O4. The minimum atomic E-state index is -1.04. The van der Waals surface area contributed by atoms with Crippen LogP contribution in [0.25, 0.3) is 0 Å². The van der Waals surface area contributed by atoms with Crippen LogP contribution < -0.4 is 4.74 Å². The molecule has 142 valence electrons. The Hall–Kier alpha value is -2.89. The summed E-state index contributed by atoms with van der Waals surface area (Å²) in [4.78, 5) is 30.5. The van der Waals surface area contributed by atoms with Crippen molar-refractivity contribution in [1.29, 1.82) is 0 Å². The number of hydrogen-bond acceptors (Lipinski definition) is 4.